The summed E-state index contributed by atoms with van der Waals surface area (Å²) in [5.74, 6) is 2.05. The van der Waals surface area contributed by atoms with E-state index in [1.165, 1.54) is 4.70 Å². The molecule has 5 nitrogen and oxygen atoms in total. The molecule has 0 aliphatic rings. The second-order valence-corrected chi connectivity index (χ2v) is 7.67. The number of fused-ring (bicyclic) bond motifs is 1. The van der Waals surface area contributed by atoms with Crippen molar-refractivity contribution in [3.05, 3.63) is 52.5 Å². The molecule has 2 aromatic carbocycles. The molecule has 1 N–H and O–H groups in total. The number of nitrogens with zero attached hydrogens (tertiary/aromatic N) is 3. The standard InChI is InChI=1S/C17H13ClN4OS2/c1-23-13-7-6-10(18)8-11(13)16-20-17(22-21-16)24-9-15-19-12-4-2-3-5-14(12)25-15/h2-8H,9H2,1H3,(H,20,21,22). The predicted octanol–water partition coefficient (Wildman–Crippen LogP) is 5.04. The minimum absolute atomic E-state index is 0.621. The maximum absolute atomic E-state index is 6.08. The van der Waals surface area contributed by atoms with E-state index >= 15 is 0 Å². The third kappa shape index (κ3) is 3.49. The van der Waals surface area contributed by atoms with Crippen LogP contribution in [0.3, 0.4) is 0 Å². The highest BCUT2D eigenvalue weighted by atomic mass is 35.5. The first-order valence-corrected chi connectivity index (χ1v) is 9.64. The van der Waals surface area contributed by atoms with Crippen molar-refractivity contribution < 1.29 is 4.74 Å². The Bertz CT molecular complexity index is 997. The molecular formula is C17H13ClN4OS2. The average molecular weight is 389 g/mol. The van der Waals surface area contributed by atoms with E-state index in [0.29, 0.717) is 21.8 Å². The van der Waals surface area contributed by atoms with E-state index in [4.69, 9.17) is 16.3 Å². The maximum Gasteiger partial charge on any atom is 0.209 e. The summed E-state index contributed by atoms with van der Waals surface area (Å²) in [4.78, 5) is 9.16. The number of methoxy groups -OCH3 is 1. The molecule has 0 spiro atoms. The average Bonchev–Trinajstić information content (AvgIpc) is 3.26. The Morgan fingerprint density at radius 2 is 2.08 bits per heavy atom. The summed E-state index contributed by atoms with van der Waals surface area (Å²) in [6.07, 6.45) is 0. The molecule has 0 amide bonds. The summed E-state index contributed by atoms with van der Waals surface area (Å²) in [5.41, 5.74) is 1.82. The van der Waals surface area contributed by atoms with Gasteiger partial charge in [0.2, 0.25) is 5.16 Å². The summed E-state index contributed by atoms with van der Waals surface area (Å²) in [6.45, 7) is 0. The molecule has 0 unspecified atom stereocenters. The van der Waals surface area contributed by atoms with E-state index in [-0.39, 0.29) is 0 Å². The van der Waals surface area contributed by atoms with Crippen LogP contribution in [0.15, 0.2) is 47.6 Å². The topological polar surface area (TPSA) is 63.7 Å². The summed E-state index contributed by atoms with van der Waals surface area (Å²) < 4.78 is 6.56. The number of thiazole rings is 1. The van der Waals surface area contributed by atoms with E-state index in [1.807, 2.05) is 30.3 Å². The lowest BCUT2D eigenvalue weighted by atomic mass is 10.2. The Balaban J connectivity index is 1.52. The molecule has 4 rings (SSSR count). The minimum Gasteiger partial charge on any atom is -0.496 e. The van der Waals surface area contributed by atoms with Gasteiger partial charge in [0.05, 0.1) is 28.6 Å². The van der Waals surface area contributed by atoms with Crippen LogP contribution in [-0.4, -0.2) is 27.3 Å². The van der Waals surface area contributed by atoms with Crippen LogP contribution in [0.4, 0.5) is 0 Å². The summed E-state index contributed by atoms with van der Waals surface area (Å²) in [6, 6.07) is 13.5. The van der Waals surface area contributed by atoms with Gasteiger partial charge in [0.15, 0.2) is 5.82 Å². The number of halogens is 1. The van der Waals surface area contributed by atoms with Crippen LogP contribution >= 0.6 is 34.7 Å². The van der Waals surface area contributed by atoms with Crippen LogP contribution in [0.25, 0.3) is 21.6 Å². The van der Waals surface area contributed by atoms with Crippen molar-refractivity contribution in [2.24, 2.45) is 0 Å². The summed E-state index contributed by atoms with van der Waals surface area (Å²) in [5, 5.41) is 9.56. The highest BCUT2D eigenvalue weighted by Crippen LogP contribution is 2.32. The van der Waals surface area contributed by atoms with Gasteiger partial charge in [-0.05, 0) is 30.3 Å². The molecule has 0 atom stereocenters. The van der Waals surface area contributed by atoms with Gasteiger partial charge >= 0.3 is 0 Å². The number of ether oxygens (including phenoxy) is 1. The quantitative estimate of drug-likeness (QED) is 0.485. The van der Waals surface area contributed by atoms with Crippen molar-refractivity contribution in [1.82, 2.24) is 20.2 Å². The molecule has 0 saturated heterocycles. The SMILES string of the molecule is COc1ccc(Cl)cc1-c1nc(SCc2nc3ccccc3s2)n[nH]1. The van der Waals surface area contributed by atoms with Crippen LogP contribution in [-0.2, 0) is 5.75 Å². The van der Waals surface area contributed by atoms with Gasteiger partial charge < -0.3 is 4.74 Å². The zero-order valence-corrected chi connectivity index (χ0v) is 15.6. The van der Waals surface area contributed by atoms with Crippen molar-refractivity contribution >= 4 is 44.9 Å². The van der Waals surface area contributed by atoms with Crippen LogP contribution in [0.5, 0.6) is 5.75 Å². The normalized spacial score (nSPS) is 11.1. The van der Waals surface area contributed by atoms with Crippen LogP contribution in [0.1, 0.15) is 5.01 Å². The van der Waals surface area contributed by atoms with E-state index in [2.05, 4.69) is 26.2 Å². The molecular weight excluding hydrogens is 376 g/mol. The smallest absolute Gasteiger partial charge is 0.209 e. The number of hydrogen-bond donors (Lipinski definition) is 1. The van der Waals surface area contributed by atoms with Crippen molar-refractivity contribution in [3.63, 3.8) is 0 Å². The van der Waals surface area contributed by atoms with Gasteiger partial charge in [-0.3, -0.25) is 5.10 Å². The van der Waals surface area contributed by atoms with Crippen LogP contribution < -0.4 is 4.74 Å². The first kappa shape index (κ1) is 16.4. The molecule has 0 aliphatic carbocycles. The Hall–Kier alpha value is -2.09. The number of benzene rings is 2. The van der Waals surface area contributed by atoms with Gasteiger partial charge in [0.25, 0.3) is 0 Å². The van der Waals surface area contributed by atoms with Crippen LogP contribution in [0, 0.1) is 0 Å². The van der Waals surface area contributed by atoms with E-state index in [1.54, 1.807) is 36.3 Å². The van der Waals surface area contributed by atoms with Crippen LogP contribution in [0.2, 0.25) is 5.02 Å². The lowest BCUT2D eigenvalue weighted by molar-refractivity contribution is 0.416. The molecule has 0 radical (unpaired) electrons. The molecule has 2 heterocycles. The summed E-state index contributed by atoms with van der Waals surface area (Å²) >= 11 is 9.32. The number of thioether (sulfide) groups is 1. The molecule has 25 heavy (non-hydrogen) atoms. The first-order chi connectivity index (χ1) is 12.2. The molecule has 0 bridgehead atoms. The largest absolute Gasteiger partial charge is 0.496 e. The highest BCUT2D eigenvalue weighted by Gasteiger charge is 2.13. The predicted molar refractivity (Wildman–Crippen MR) is 103 cm³/mol. The van der Waals surface area contributed by atoms with Gasteiger partial charge in [0, 0.05) is 5.02 Å². The lowest BCUT2D eigenvalue weighted by Gasteiger charge is -2.05. The zero-order chi connectivity index (χ0) is 17.2. The summed E-state index contributed by atoms with van der Waals surface area (Å²) in [7, 11) is 1.62. The number of hydrogen-bond acceptors (Lipinski definition) is 6. The number of para-hydroxylation sites is 1. The van der Waals surface area contributed by atoms with Crippen molar-refractivity contribution in [2.75, 3.05) is 7.11 Å². The van der Waals surface area contributed by atoms with Gasteiger partial charge in [-0.2, -0.15) is 0 Å². The molecule has 2 aromatic heterocycles. The maximum atomic E-state index is 6.08. The number of rotatable bonds is 5. The lowest BCUT2D eigenvalue weighted by Crippen LogP contribution is -1.89. The highest BCUT2D eigenvalue weighted by molar-refractivity contribution is 7.98. The van der Waals surface area contributed by atoms with Crippen molar-refractivity contribution in [1.29, 1.82) is 0 Å². The van der Waals surface area contributed by atoms with Crippen molar-refractivity contribution in [3.8, 4) is 17.1 Å². The van der Waals surface area contributed by atoms with E-state index < -0.39 is 0 Å². The van der Waals surface area contributed by atoms with Gasteiger partial charge in [0.1, 0.15) is 10.8 Å². The second kappa shape index (κ2) is 7.03. The van der Waals surface area contributed by atoms with Gasteiger partial charge in [-0.15, -0.1) is 16.4 Å². The number of nitrogens with one attached hydrogen (secondary N) is 1. The number of aromatic nitrogens is 4. The Morgan fingerprint density at radius 3 is 2.92 bits per heavy atom. The fourth-order valence-electron chi connectivity index (χ4n) is 2.40. The third-order valence-corrected chi connectivity index (χ3v) is 5.86. The Morgan fingerprint density at radius 1 is 1.20 bits per heavy atom. The van der Waals surface area contributed by atoms with Crippen molar-refractivity contribution in [2.45, 2.75) is 10.9 Å². The first-order valence-electron chi connectivity index (χ1n) is 7.46. The van der Waals surface area contributed by atoms with Gasteiger partial charge in [-0.25, -0.2) is 9.97 Å². The third-order valence-electron chi connectivity index (χ3n) is 3.54. The molecule has 8 heteroatoms. The molecule has 126 valence electrons. The van der Waals surface area contributed by atoms with E-state index in [0.717, 1.165) is 21.8 Å². The fourth-order valence-corrected chi connectivity index (χ4v) is 4.34. The molecule has 0 aliphatic heterocycles. The van der Waals surface area contributed by atoms with E-state index in [9.17, 15) is 0 Å². The minimum atomic E-state index is 0.621. The molecule has 0 fully saturated rings. The second-order valence-electron chi connectivity index (χ2n) is 5.18. The Kier molecular flexibility index (Phi) is 4.61. The zero-order valence-electron chi connectivity index (χ0n) is 13.2. The number of H-pyrrole nitrogens is 1. The molecule has 0 saturated carbocycles. The van der Waals surface area contributed by atoms with Gasteiger partial charge in [-0.1, -0.05) is 35.5 Å². The monoisotopic (exact) mass is 388 g/mol. The number of aromatic amines is 1. The molecule has 4 aromatic rings. The fraction of sp³-hybridized carbons (Fsp3) is 0.118. The Labute approximate surface area is 157 Å².